The van der Waals surface area contributed by atoms with E-state index in [0.29, 0.717) is 12.0 Å². The second-order valence-electron chi connectivity index (χ2n) is 5.94. The number of hydrogen-bond acceptors (Lipinski definition) is 2. The molecule has 1 amide bonds. The quantitative estimate of drug-likeness (QED) is 0.921. The molecule has 1 aliphatic heterocycles. The molecule has 1 aliphatic rings. The number of piperidine rings is 1. The van der Waals surface area contributed by atoms with Crippen LogP contribution in [0.4, 0.5) is 0 Å². The zero-order valence-corrected chi connectivity index (χ0v) is 13.9. The van der Waals surface area contributed by atoms with E-state index in [0.717, 1.165) is 36.5 Å². The van der Waals surface area contributed by atoms with Crippen molar-refractivity contribution in [1.29, 1.82) is 0 Å². The first-order valence-electron chi connectivity index (χ1n) is 7.79. The molecule has 1 heterocycles. The highest BCUT2D eigenvalue weighted by atomic mass is 35.5. The molecule has 2 rings (SSSR count). The number of benzene rings is 1. The Morgan fingerprint density at radius 1 is 1.48 bits per heavy atom. The predicted molar refractivity (Wildman–Crippen MR) is 87.4 cm³/mol. The van der Waals surface area contributed by atoms with E-state index in [-0.39, 0.29) is 11.9 Å². The number of halogens is 1. The predicted octanol–water partition coefficient (Wildman–Crippen LogP) is 3.64. The lowest BCUT2D eigenvalue weighted by atomic mass is 9.89. The fraction of sp³-hybridized carbons (Fsp3) is 0.588. The Morgan fingerprint density at radius 3 is 2.81 bits per heavy atom. The van der Waals surface area contributed by atoms with E-state index in [4.69, 9.17) is 11.6 Å². The van der Waals surface area contributed by atoms with Gasteiger partial charge < -0.3 is 10.2 Å². The summed E-state index contributed by atoms with van der Waals surface area (Å²) < 4.78 is 0. The Labute approximate surface area is 132 Å². The van der Waals surface area contributed by atoms with E-state index < -0.39 is 0 Å². The van der Waals surface area contributed by atoms with Crippen molar-refractivity contribution in [2.75, 3.05) is 13.1 Å². The van der Waals surface area contributed by atoms with Gasteiger partial charge in [-0.15, -0.1) is 0 Å². The fourth-order valence-electron chi connectivity index (χ4n) is 3.19. The first-order chi connectivity index (χ1) is 10.0. The number of nitrogens with one attached hydrogen (secondary N) is 1. The van der Waals surface area contributed by atoms with Gasteiger partial charge in [-0.3, -0.25) is 4.79 Å². The van der Waals surface area contributed by atoms with Crippen LogP contribution in [0.1, 0.15) is 45.2 Å². The SMILES string of the molecule is CCC1CN(C(C)=O)CCC1NC(C)c1ccccc1Cl. The molecular formula is C17H25ClN2O. The molecule has 1 aromatic rings. The molecule has 1 N–H and O–H groups in total. The van der Waals surface area contributed by atoms with Gasteiger partial charge in [-0.2, -0.15) is 0 Å². The first kappa shape index (κ1) is 16.3. The van der Waals surface area contributed by atoms with Crippen LogP contribution in [0.3, 0.4) is 0 Å². The number of rotatable bonds is 4. The van der Waals surface area contributed by atoms with Crippen LogP contribution in [0.2, 0.25) is 5.02 Å². The summed E-state index contributed by atoms with van der Waals surface area (Å²) in [6.07, 6.45) is 2.09. The van der Waals surface area contributed by atoms with Gasteiger partial charge in [-0.1, -0.05) is 43.1 Å². The standard InChI is InChI=1S/C17H25ClN2O/c1-4-14-11-20(13(3)21)10-9-17(14)19-12(2)15-7-5-6-8-16(15)18/h5-8,12,14,17,19H,4,9-11H2,1-3H3. The largest absolute Gasteiger partial charge is 0.343 e. The Hall–Kier alpha value is -1.06. The maximum Gasteiger partial charge on any atom is 0.219 e. The maximum atomic E-state index is 11.5. The van der Waals surface area contributed by atoms with E-state index in [1.54, 1.807) is 6.92 Å². The number of carbonyl (C=O) groups excluding carboxylic acids is 1. The van der Waals surface area contributed by atoms with Crippen molar-refractivity contribution in [3.63, 3.8) is 0 Å². The minimum absolute atomic E-state index is 0.186. The molecule has 0 saturated carbocycles. The number of likely N-dealkylation sites (tertiary alicyclic amines) is 1. The third-order valence-corrected chi connectivity index (χ3v) is 4.88. The van der Waals surface area contributed by atoms with Crippen LogP contribution in [0, 0.1) is 5.92 Å². The highest BCUT2D eigenvalue weighted by Gasteiger charge is 2.30. The number of carbonyl (C=O) groups is 1. The molecule has 0 bridgehead atoms. The third-order valence-electron chi connectivity index (χ3n) is 4.54. The molecule has 3 atom stereocenters. The minimum Gasteiger partial charge on any atom is -0.343 e. The van der Waals surface area contributed by atoms with Gasteiger partial charge in [0.15, 0.2) is 0 Å². The van der Waals surface area contributed by atoms with Gasteiger partial charge in [0.25, 0.3) is 0 Å². The number of nitrogens with zero attached hydrogens (tertiary/aromatic N) is 1. The van der Waals surface area contributed by atoms with Gasteiger partial charge in [0.05, 0.1) is 0 Å². The summed E-state index contributed by atoms with van der Waals surface area (Å²) in [7, 11) is 0. The normalized spacial score (nSPS) is 23.9. The molecule has 4 heteroatoms. The monoisotopic (exact) mass is 308 g/mol. The van der Waals surface area contributed by atoms with Crippen LogP contribution in [0.15, 0.2) is 24.3 Å². The van der Waals surface area contributed by atoms with E-state index in [9.17, 15) is 4.79 Å². The van der Waals surface area contributed by atoms with E-state index in [1.165, 1.54) is 0 Å². The molecule has 3 unspecified atom stereocenters. The molecular weight excluding hydrogens is 284 g/mol. The summed E-state index contributed by atoms with van der Waals surface area (Å²) in [5.41, 5.74) is 1.14. The first-order valence-corrected chi connectivity index (χ1v) is 8.16. The van der Waals surface area contributed by atoms with Gasteiger partial charge in [0, 0.05) is 37.1 Å². The number of amides is 1. The van der Waals surface area contributed by atoms with Crippen LogP contribution < -0.4 is 5.32 Å². The Balaban J connectivity index is 2.02. The molecule has 0 spiro atoms. The van der Waals surface area contributed by atoms with Crippen molar-refractivity contribution in [2.24, 2.45) is 5.92 Å². The summed E-state index contributed by atoms with van der Waals surface area (Å²) in [6.45, 7) is 7.72. The van der Waals surface area contributed by atoms with Gasteiger partial charge in [0.1, 0.15) is 0 Å². The molecule has 1 saturated heterocycles. The minimum atomic E-state index is 0.186. The summed E-state index contributed by atoms with van der Waals surface area (Å²) in [4.78, 5) is 13.5. The average Bonchev–Trinajstić information content (AvgIpc) is 2.47. The molecule has 21 heavy (non-hydrogen) atoms. The second kappa shape index (κ2) is 7.28. The van der Waals surface area contributed by atoms with E-state index in [1.807, 2.05) is 23.1 Å². The Morgan fingerprint density at radius 2 is 2.19 bits per heavy atom. The van der Waals surface area contributed by atoms with Crippen LogP contribution in [0.25, 0.3) is 0 Å². The average molecular weight is 309 g/mol. The van der Waals surface area contributed by atoms with Crippen molar-refractivity contribution < 1.29 is 4.79 Å². The number of hydrogen-bond donors (Lipinski definition) is 1. The molecule has 116 valence electrons. The van der Waals surface area contributed by atoms with Gasteiger partial charge in [-0.05, 0) is 30.9 Å². The zero-order valence-electron chi connectivity index (χ0n) is 13.1. The molecule has 3 nitrogen and oxygen atoms in total. The van der Waals surface area contributed by atoms with Crippen molar-refractivity contribution in [3.8, 4) is 0 Å². The Bertz CT molecular complexity index is 491. The summed E-state index contributed by atoms with van der Waals surface area (Å²) in [5, 5.41) is 4.53. The second-order valence-corrected chi connectivity index (χ2v) is 6.35. The van der Waals surface area contributed by atoms with Crippen molar-refractivity contribution in [3.05, 3.63) is 34.9 Å². The summed E-state index contributed by atoms with van der Waals surface area (Å²) in [5.74, 6) is 0.693. The lowest BCUT2D eigenvalue weighted by Gasteiger charge is -2.39. The maximum absolute atomic E-state index is 11.5. The van der Waals surface area contributed by atoms with Gasteiger partial charge in [0.2, 0.25) is 5.91 Å². The van der Waals surface area contributed by atoms with Crippen molar-refractivity contribution in [2.45, 2.75) is 45.7 Å². The van der Waals surface area contributed by atoms with Crippen LogP contribution >= 0.6 is 11.6 Å². The van der Waals surface area contributed by atoms with E-state index >= 15 is 0 Å². The fourth-order valence-corrected chi connectivity index (χ4v) is 3.49. The van der Waals surface area contributed by atoms with Gasteiger partial charge >= 0.3 is 0 Å². The van der Waals surface area contributed by atoms with E-state index in [2.05, 4.69) is 25.2 Å². The highest BCUT2D eigenvalue weighted by Crippen LogP contribution is 2.26. The summed E-state index contributed by atoms with van der Waals surface area (Å²) in [6, 6.07) is 8.66. The van der Waals surface area contributed by atoms with Gasteiger partial charge in [-0.25, -0.2) is 0 Å². The summed E-state index contributed by atoms with van der Waals surface area (Å²) >= 11 is 6.28. The lowest BCUT2D eigenvalue weighted by molar-refractivity contribution is -0.131. The third kappa shape index (κ3) is 3.98. The Kier molecular flexibility index (Phi) is 5.65. The molecule has 1 fully saturated rings. The van der Waals surface area contributed by atoms with Crippen LogP contribution in [-0.4, -0.2) is 29.9 Å². The molecule has 0 aromatic heterocycles. The van der Waals surface area contributed by atoms with Crippen molar-refractivity contribution >= 4 is 17.5 Å². The van der Waals surface area contributed by atoms with Crippen LogP contribution in [0.5, 0.6) is 0 Å². The van der Waals surface area contributed by atoms with Crippen LogP contribution in [-0.2, 0) is 4.79 Å². The van der Waals surface area contributed by atoms with Crippen molar-refractivity contribution in [1.82, 2.24) is 10.2 Å². The molecule has 1 aromatic carbocycles. The molecule has 0 radical (unpaired) electrons. The lowest BCUT2D eigenvalue weighted by Crippen LogP contribution is -2.50. The highest BCUT2D eigenvalue weighted by molar-refractivity contribution is 6.31. The zero-order chi connectivity index (χ0) is 15.4. The topological polar surface area (TPSA) is 32.3 Å². The molecule has 0 aliphatic carbocycles. The smallest absolute Gasteiger partial charge is 0.219 e.